The van der Waals surface area contributed by atoms with E-state index in [2.05, 4.69) is 20.1 Å². The lowest BCUT2D eigenvalue weighted by atomic mass is 10.0. The minimum absolute atomic E-state index is 0.221. The van der Waals surface area contributed by atoms with E-state index in [1.807, 2.05) is 6.92 Å². The van der Waals surface area contributed by atoms with Gasteiger partial charge in [0.15, 0.2) is 5.82 Å². The minimum Gasteiger partial charge on any atom is -0.347 e. The topological polar surface area (TPSA) is 97.2 Å². The van der Waals surface area contributed by atoms with Gasteiger partial charge in [0.05, 0.1) is 11.4 Å². The van der Waals surface area contributed by atoms with Crippen LogP contribution in [0.4, 0.5) is 0 Å². The van der Waals surface area contributed by atoms with Crippen LogP contribution in [0.15, 0.2) is 35.2 Å². The lowest BCUT2D eigenvalue weighted by molar-refractivity contribution is -0.125. The summed E-state index contributed by atoms with van der Waals surface area (Å²) >= 11 is 0. The van der Waals surface area contributed by atoms with E-state index in [1.165, 1.54) is 4.31 Å². The largest absolute Gasteiger partial charge is 0.347 e. The molecule has 1 atom stereocenters. The van der Waals surface area contributed by atoms with Crippen LogP contribution >= 0.6 is 0 Å². The Bertz CT molecular complexity index is 953. The number of rotatable bonds is 6. The number of hydrogen-bond acceptors (Lipinski definition) is 5. The van der Waals surface area contributed by atoms with Gasteiger partial charge in [0.1, 0.15) is 11.9 Å². The highest BCUT2D eigenvalue weighted by Crippen LogP contribution is 2.36. The molecule has 1 amide bonds. The Morgan fingerprint density at radius 1 is 1.14 bits per heavy atom. The third-order valence-electron chi connectivity index (χ3n) is 5.38. The first-order valence-corrected chi connectivity index (χ1v) is 11.2. The summed E-state index contributed by atoms with van der Waals surface area (Å²) in [6.07, 6.45) is 4.31. The molecule has 0 spiro atoms. The fourth-order valence-electron chi connectivity index (χ4n) is 3.81. The van der Waals surface area contributed by atoms with E-state index in [4.69, 9.17) is 0 Å². The van der Waals surface area contributed by atoms with Gasteiger partial charge < -0.3 is 9.88 Å². The molecular formula is C19H25N5O3S. The average Bonchev–Trinajstić information content (AvgIpc) is 3.49. The number of hydrogen-bond donors (Lipinski definition) is 1. The molecule has 9 heteroatoms. The average molecular weight is 404 g/mol. The molecule has 0 unspecified atom stereocenters. The van der Waals surface area contributed by atoms with Gasteiger partial charge in [-0.2, -0.15) is 4.31 Å². The van der Waals surface area contributed by atoms with Crippen molar-refractivity contribution in [2.75, 3.05) is 6.54 Å². The number of aryl methyl sites for hydroxylation is 1. The standard InChI is InChI=1S/C19H25N5O3S/c1-14-21-22-18(24(14)15-10-11-15)13-20-19(25)17-9-5-6-12-23(17)28(26,27)16-7-3-2-4-8-16/h2-4,7-8,15,17H,5-6,9-13H2,1H3,(H,20,25)/t17-/m0/s1. The first-order chi connectivity index (χ1) is 13.5. The monoisotopic (exact) mass is 403 g/mol. The van der Waals surface area contributed by atoms with Crippen LogP contribution in [0.5, 0.6) is 0 Å². The molecule has 1 aromatic heterocycles. The first kappa shape index (κ1) is 19.1. The van der Waals surface area contributed by atoms with Crippen molar-refractivity contribution in [3.05, 3.63) is 42.0 Å². The first-order valence-electron chi connectivity index (χ1n) is 9.73. The molecule has 2 aromatic rings. The molecule has 8 nitrogen and oxygen atoms in total. The Kier molecular flexibility index (Phi) is 5.20. The molecule has 1 aliphatic heterocycles. The van der Waals surface area contributed by atoms with E-state index in [0.717, 1.165) is 37.3 Å². The highest BCUT2D eigenvalue weighted by atomic mass is 32.2. The summed E-state index contributed by atoms with van der Waals surface area (Å²) in [5.41, 5.74) is 0. The van der Waals surface area contributed by atoms with E-state index >= 15 is 0 Å². The van der Waals surface area contributed by atoms with E-state index in [1.54, 1.807) is 30.3 Å². The second kappa shape index (κ2) is 7.63. The van der Waals surface area contributed by atoms with Crippen LogP contribution in [0.25, 0.3) is 0 Å². The zero-order valence-electron chi connectivity index (χ0n) is 15.9. The highest BCUT2D eigenvalue weighted by Gasteiger charge is 2.37. The summed E-state index contributed by atoms with van der Waals surface area (Å²) in [6.45, 7) is 2.52. The van der Waals surface area contributed by atoms with Crippen LogP contribution in [-0.4, -0.2) is 46.0 Å². The van der Waals surface area contributed by atoms with Gasteiger partial charge in [-0.1, -0.05) is 24.6 Å². The Labute approximate surface area is 165 Å². The van der Waals surface area contributed by atoms with Crippen molar-refractivity contribution in [3.63, 3.8) is 0 Å². The molecule has 1 saturated heterocycles. The van der Waals surface area contributed by atoms with Crippen LogP contribution in [0.3, 0.4) is 0 Å². The lowest BCUT2D eigenvalue weighted by Crippen LogP contribution is -2.51. The fourth-order valence-corrected chi connectivity index (χ4v) is 5.49. The lowest BCUT2D eigenvalue weighted by Gasteiger charge is -2.33. The molecule has 1 aromatic carbocycles. The van der Waals surface area contributed by atoms with Gasteiger partial charge in [0.2, 0.25) is 15.9 Å². The van der Waals surface area contributed by atoms with Gasteiger partial charge in [0, 0.05) is 12.6 Å². The van der Waals surface area contributed by atoms with Gasteiger partial charge in [-0.3, -0.25) is 4.79 Å². The molecule has 1 saturated carbocycles. The Morgan fingerprint density at radius 3 is 2.61 bits per heavy atom. The van der Waals surface area contributed by atoms with Gasteiger partial charge in [0.25, 0.3) is 0 Å². The van der Waals surface area contributed by atoms with Gasteiger partial charge >= 0.3 is 0 Å². The van der Waals surface area contributed by atoms with E-state index in [9.17, 15) is 13.2 Å². The minimum atomic E-state index is -3.71. The van der Waals surface area contributed by atoms with Gasteiger partial charge in [-0.25, -0.2) is 8.42 Å². The zero-order chi connectivity index (χ0) is 19.7. The predicted molar refractivity (Wildman–Crippen MR) is 103 cm³/mol. The molecule has 2 aliphatic rings. The summed E-state index contributed by atoms with van der Waals surface area (Å²) in [7, 11) is -3.71. The van der Waals surface area contributed by atoms with Gasteiger partial charge in [-0.05, 0) is 44.7 Å². The predicted octanol–water partition coefficient (Wildman–Crippen LogP) is 1.78. The molecule has 0 bridgehead atoms. The second-order valence-corrected chi connectivity index (χ2v) is 9.31. The summed E-state index contributed by atoms with van der Waals surface area (Å²) in [5.74, 6) is 1.29. The third kappa shape index (κ3) is 3.68. The van der Waals surface area contributed by atoms with Crippen molar-refractivity contribution in [1.82, 2.24) is 24.4 Å². The molecule has 150 valence electrons. The Hall–Kier alpha value is -2.26. The third-order valence-corrected chi connectivity index (χ3v) is 7.30. The number of carbonyl (C=O) groups excluding carboxylic acids is 1. The molecular weight excluding hydrogens is 378 g/mol. The molecule has 1 aliphatic carbocycles. The summed E-state index contributed by atoms with van der Waals surface area (Å²) in [5, 5.41) is 11.2. The van der Waals surface area contributed by atoms with Crippen LogP contribution in [-0.2, 0) is 21.4 Å². The number of carbonyl (C=O) groups is 1. The van der Waals surface area contributed by atoms with Crippen LogP contribution < -0.4 is 5.32 Å². The number of benzene rings is 1. The maximum atomic E-state index is 13.1. The molecule has 0 radical (unpaired) electrons. The Morgan fingerprint density at radius 2 is 1.89 bits per heavy atom. The van der Waals surface area contributed by atoms with E-state index in [0.29, 0.717) is 19.0 Å². The van der Waals surface area contributed by atoms with Crippen LogP contribution in [0.2, 0.25) is 0 Å². The number of sulfonamides is 1. The Balaban J connectivity index is 1.49. The number of amides is 1. The van der Waals surface area contributed by atoms with Crippen molar-refractivity contribution in [2.45, 2.75) is 62.6 Å². The quantitative estimate of drug-likeness (QED) is 0.793. The molecule has 2 heterocycles. The fraction of sp³-hybridized carbons (Fsp3) is 0.526. The number of piperidine rings is 1. The smallest absolute Gasteiger partial charge is 0.243 e. The summed E-state index contributed by atoms with van der Waals surface area (Å²) < 4.78 is 29.5. The van der Waals surface area contributed by atoms with E-state index in [-0.39, 0.29) is 17.3 Å². The van der Waals surface area contributed by atoms with Gasteiger partial charge in [-0.15, -0.1) is 10.2 Å². The van der Waals surface area contributed by atoms with E-state index < -0.39 is 16.1 Å². The number of nitrogens with one attached hydrogen (secondary N) is 1. The molecule has 4 rings (SSSR count). The zero-order valence-corrected chi connectivity index (χ0v) is 16.7. The van der Waals surface area contributed by atoms with Crippen LogP contribution in [0.1, 0.15) is 49.8 Å². The highest BCUT2D eigenvalue weighted by molar-refractivity contribution is 7.89. The summed E-state index contributed by atoms with van der Waals surface area (Å²) in [4.78, 5) is 13.1. The molecule has 2 fully saturated rings. The molecule has 28 heavy (non-hydrogen) atoms. The number of aromatic nitrogens is 3. The van der Waals surface area contributed by atoms with Crippen molar-refractivity contribution in [2.24, 2.45) is 0 Å². The summed E-state index contributed by atoms with van der Waals surface area (Å²) in [6, 6.07) is 8.03. The number of nitrogens with zero attached hydrogens (tertiary/aromatic N) is 4. The van der Waals surface area contributed by atoms with Crippen LogP contribution in [0, 0.1) is 6.92 Å². The second-order valence-electron chi connectivity index (χ2n) is 7.42. The van der Waals surface area contributed by atoms with Crippen molar-refractivity contribution in [1.29, 1.82) is 0 Å². The SMILES string of the molecule is Cc1nnc(CNC(=O)[C@@H]2CCCCN2S(=O)(=O)c2ccccc2)n1C1CC1. The maximum Gasteiger partial charge on any atom is 0.243 e. The van der Waals surface area contributed by atoms with Crippen molar-refractivity contribution >= 4 is 15.9 Å². The maximum absolute atomic E-state index is 13.1. The van der Waals surface area contributed by atoms with Crippen molar-refractivity contribution < 1.29 is 13.2 Å². The molecule has 1 N–H and O–H groups in total. The normalized spacial score (nSPS) is 20.8. The van der Waals surface area contributed by atoms with Crippen molar-refractivity contribution in [3.8, 4) is 0 Å².